The first-order valence-corrected chi connectivity index (χ1v) is 12.5. The maximum atomic E-state index is 13.2. The standard InChI is InChI=1S/C27H22ClIN2O5/c1-3-35-23-14-18(13-21(29)24(23)36-15-17-10-8-16(2)9-11-17)12-19-25(32)30-27(34)31(26(19)33)22-7-5-4-6-20(22)28/h4-14H,3,15H2,1-2H3,(H,30,32,34)/b19-12+. The first-order valence-electron chi connectivity index (χ1n) is 11.1. The summed E-state index contributed by atoms with van der Waals surface area (Å²) in [5, 5.41) is 2.41. The van der Waals surface area contributed by atoms with Crippen molar-refractivity contribution in [3.05, 3.63) is 91.5 Å². The van der Waals surface area contributed by atoms with Crippen LogP contribution in [0.5, 0.6) is 11.5 Å². The molecular formula is C27H22ClIN2O5. The van der Waals surface area contributed by atoms with Gasteiger partial charge in [-0.25, -0.2) is 9.69 Å². The fourth-order valence-corrected chi connectivity index (χ4v) is 4.59. The monoisotopic (exact) mass is 616 g/mol. The van der Waals surface area contributed by atoms with Crippen LogP contribution in [-0.4, -0.2) is 24.5 Å². The lowest BCUT2D eigenvalue weighted by Crippen LogP contribution is -2.54. The van der Waals surface area contributed by atoms with Crippen molar-refractivity contribution < 1.29 is 23.9 Å². The number of halogens is 2. The molecule has 184 valence electrons. The number of anilines is 1. The van der Waals surface area contributed by atoms with Crippen molar-refractivity contribution in [2.45, 2.75) is 20.5 Å². The number of ether oxygens (including phenoxy) is 2. The number of benzene rings is 3. The maximum Gasteiger partial charge on any atom is 0.335 e. The number of hydrogen-bond acceptors (Lipinski definition) is 5. The van der Waals surface area contributed by atoms with Crippen LogP contribution in [0, 0.1) is 10.5 Å². The van der Waals surface area contributed by atoms with Crippen LogP contribution in [0.3, 0.4) is 0 Å². The average Bonchev–Trinajstić information content (AvgIpc) is 2.83. The van der Waals surface area contributed by atoms with E-state index in [2.05, 4.69) is 27.9 Å². The second kappa shape index (κ2) is 11.1. The Balaban J connectivity index is 1.66. The molecule has 1 N–H and O–H groups in total. The summed E-state index contributed by atoms with van der Waals surface area (Å²) in [5.74, 6) is -0.524. The normalized spacial score (nSPS) is 14.7. The highest BCUT2D eigenvalue weighted by atomic mass is 127. The predicted molar refractivity (Wildman–Crippen MR) is 146 cm³/mol. The molecule has 0 atom stereocenters. The molecule has 1 heterocycles. The lowest BCUT2D eigenvalue weighted by molar-refractivity contribution is -0.122. The largest absolute Gasteiger partial charge is 0.490 e. The summed E-state index contributed by atoms with van der Waals surface area (Å²) < 4.78 is 12.6. The number of hydrogen-bond donors (Lipinski definition) is 1. The fourth-order valence-electron chi connectivity index (χ4n) is 3.59. The average molecular weight is 617 g/mol. The summed E-state index contributed by atoms with van der Waals surface area (Å²) in [6, 6.07) is 17.1. The second-order valence-corrected chi connectivity index (χ2v) is 9.52. The van der Waals surface area contributed by atoms with E-state index in [-0.39, 0.29) is 16.3 Å². The van der Waals surface area contributed by atoms with Gasteiger partial charge in [0.05, 0.1) is 20.9 Å². The molecule has 1 aliphatic rings. The number of imide groups is 2. The number of nitrogens with zero attached hydrogens (tertiary/aromatic N) is 1. The summed E-state index contributed by atoms with van der Waals surface area (Å²) in [4.78, 5) is 39.1. The lowest BCUT2D eigenvalue weighted by atomic mass is 10.1. The highest BCUT2D eigenvalue weighted by molar-refractivity contribution is 14.1. The van der Waals surface area contributed by atoms with Crippen LogP contribution in [0.4, 0.5) is 10.5 Å². The fraction of sp³-hybridized carbons (Fsp3) is 0.148. The van der Waals surface area contributed by atoms with E-state index in [1.54, 1.807) is 30.3 Å². The van der Waals surface area contributed by atoms with Crippen LogP contribution in [0.25, 0.3) is 6.08 Å². The van der Waals surface area contributed by atoms with Gasteiger partial charge in [-0.2, -0.15) is 0 Å². The van der Waals surface area contributed by atoms with E-state index < -0.39 is 17.8 Å². The van der Waals surface area contributed by atoms with E-state index in [0.29, 0.717) is 30.3 Å². The third-order valence-corrected chi connectivity index (χ3v) is 6.46. The van der Waals surface area contributed by atoms with Gasteiger partial charge in [0, 0.05) is 0 Å². The first kappa shape index (κ1) is 25.7. The molecule has 1 fully saturated rings. The quantitative estimate of drug-likeness (QED) is 0.203. The molecule has 0 radical (unpaired) electrons. The zero-order valence-electron chi connectivity index (χ0n) is 19.5. The first-order chi connectivity index (χ1) is 17.3. The van der Waals surface area contributed by atoms with Crippen LogP contribution in [-0.2, 0) is 16.2 Å². The molecule has 0 saturated carbocycles. The van der Waals surface area contributed by atoms with Gasteiger partial charge in [-0.1, -0.05) is 53.6 Å². The molecule has 0 aliphatic carbocycles. The van der Waals surface area contributed by atoms with Crippen LogP contribution in [0.2, 0.25) is 5.02 Å². The highest BCUT2D eigenvalue weighted by Gasteiger charge is 2.37. The maximum absolute atomic E-state index is 13.2. The predicted octanol–water partition coefficient (Wildman–Crippen LogP) is 5.90. The molecule has 0 aromatic heterocycles. The van der Waals surface area contributed by atoms with E-state index in [1.807, 2.05) is 38.1 Å². The van der Waals surface area contributed by atoms with E-state index in [9.17, 15) is 14.4 Å². The Bertz CT molecular complexity index is 1370. The van der Waals surface area contributed by atoms with E-state index >= 15 is 0 Å². The minimum atomic E-state index is -0.861. The topological polar surface area (TPSA) is 84.9 Å². The van der Waals surface area contributed by atoms with Crippen molar-refractivity contribution in [1.82, 2.24) is 5.32 Å². The number of barbiturate groups is 1. The number of urea groups is 1. The lowest BCUT2D eigenvalue weighted by Gasteiger charge is -2.27. The van der Waals surface area contributed by atoms with Gasteiger partial charge >= 0.3 is 6.03 Å². The van der Waals surface area contributed by atoms with Gasteiger partial charge < -0.3 is 9.47 Å². The number of rotatable bonds is 7. The zero-order chi connectivity index (χ0) is 25.8. The van der Waals surface area contributed by atoms with E-state index in [1.165, 1.54) is 12.1 Å². The van der Waals surface area contributed by atoms with Crippen molar-refractivity contribution in [1.29, 1.82) is 0 Å². The minimum Gasteiger partial charge on any atom is -0.490 e. The van der Waals surface area contributed by atoms with Crippen LogP contribution in [0.15, 0.2) is 66.2 Å². The molecule has 3 aromatic rings. The smallest absolute Gasteiger partial charge is 0.335 e. The number of amides is 4. The van der Waals surface area contributed by atoms with Crippen LogP contribution >= 0.6 is 34.2 Å². The van der Waals surface area contributed by atoms with Crippen LogP contribution < -0.4 is 19.7 Å². The van der Waals surface area contributed by atoms with E-state index in [4.69, 9.17) is 21.1 Å². The van der Waals surface area contributed by atoms with Gasteiger partial charge in [0.15, 0.2) is 11.5 Å². The van der Waals surface area contributed by atoms with Gasteiger partial charge in [-0.15, -0.1) is 0 Å². The molecule has 4 rings (SSSR count). The number of nitrogens with one attached hydrogen (secondary N) is 1. The summed E-state index contributed by atoms with van der Waals surface area (Å²) in [5.41, 5.74) is 2.69. The molecule has 0 spiro atoms. The van der Waals surface area contributed by atoms with Gasteiger partial charge in [0.25, 0.3) is 11.8 Å². The SMILES string of the molecule is CCOc1cc(/C=C2\C(=O)NC(=O)N(c3ccccc3Cl)C2=O)cc(I)c1OCc1ccc(C)cc1. The Labute approximate surface area is 227 Å². The number of carbonyl (C=O) groups is 3. The van der Waals surface area contributed by atoms with Crippen molar-refractivity contribution >= 4 is 63.8 Å². The van der Waals surface area contributed by atoms with Gasteiger partial charge in [0.1, 0.15) is 12.2 Å². The second-order valence-electron chi connectivity index (χ2n) is 7.95. The Kier molecular flexibility index (Phi) is 7.95. The number of aryl methyl sites for hydroxylation is 1. The van der Waals surface area contributed by atoms with Crippen molar-refractivity contribution in [3.8, 4) is 11.5 Å². The molecule has 9 heteroatoms. The summed E-state index contributed by atoms with van der Waals surface area (Å²) in [7, 11) is 0. The molecule has 0 bridgehead atoms. The third-order valence-electron chi connectivity index (χ3n) is 5.34. The third kappa shape index (κ3) is 5.55. The highest BCUT2D eigenvalue weighted by Crippen LogP contribution is 2.36. The van der Waals surface area contributed by atoms with Crippen molar-refractivity contribution in [2.75, 3.05) is 11.5 Å². The van der Waals surface area contributed by atoms with Crippen molar-refractivity contribution in [3.63, 3.8) is 0 Å². The Morgan fingerprint density at radius 3 is 2.44 bits per heavy atom. The summed E-state index contributed by atoms with van der Waals surface area (Å²) >= 11 is 8.32. The molecule has 4 amide bonds. The zero-order valence-corrected chi connectivity index (χ0v) is 22.4. The molecule has 1 aliphatic heterocycles. The van der Waals surface area contributed by atoms with Crippen molar-refractivity contribution in [2.24, 2.45) is 0 Å². The van der Waals surface area contributed by atoms with Gasteiger partial charge in [0.2, 0.25) is 0 Å². The summed E-state index contributed by atoms with van der Waals surface area (Å²) in [6.45, 7) is 4.62. The summed E-state index contributed by atoms with van der Waals surface area (Å²) in [6.07, 6.45) is 1.42. The molecular weight excluding hydrogens is 595 g/mol. The van der Waals surface area contributed by atoms with Gasteiger partial charge in [-0.05, 0) is 77.9 Å². The Morgan fingerprint density at radius 2 is 1.75 bits per heavy atom. The molecule has 1 saturated heterocycles. The number of carbonyl (C=O) groups excluding carboxylic acids is 3. The molecule has 0 unspecified atom stereocenters. The molecule has 3 aromatic carbocycles. The van der Waals surface area contributed by atoms with Crippen LogP contribution in [0.1, 0.15) is 23.6 Å². The number of para-hydroxylation sites is 1. The molecule has 7 nitrogen and oxygen atoms in total. The van der Waals surface area contributed by atoms with E-state index in [0.717, 1.165) is 19.6 Å². The minimum absolute atomic E-state index is 0.185. The molecule has 36 heavy (non-hydrogen) atoms. The van der Waals surface area contributed by atoms with Gasteiger partial charge in [-0.3, -0.25) is 14.9 Å². The Morgan fingerprint density at radius 1 is 1.03 bits per heavy atom. The Hall–Kier alpha value is -3.37.